The zero-order chi connectivity index (χ0) is 38.2. The summed E-state index contributed by atoms with van der Waals surface area (Å²) in [6, 6.07) is 15.4. The second-order valence-electron chi connectivity index (χ2n) is 10.8. The van der Waals surface area contributed by atoms with Gasteiger partial charge in [-0.25, -0.2) is 14.4 Å². The Kier molecular flexibility index (Phi) is 20.4. The maximum Gasteiger partial charge on any atom is 0.490 e. The molecule has 51 heavy (non-hydrogen) atoms. The third-order valence-electron chi connectivity index (χ3n) is 6.71. The Bertz CT molecular complexity index is 1430. The topological polar surface area (TPSA) is 229 Å². The lowest BCUT2D eigenvalue weighted by atomic mass is 10.0. The van der Waals surface area contributed by atoms with Gasteiger partial charge < -0.3 is 42.0 Å². The van der Waals surface area contributed by atoms with Crippen molar-refractivity contribution >= 4 is 35.8 Å². The summed E-state index contributed by atoms with van der Waals surface area (Å²) in [6.45, 7) is 2.27. The number of carbonyl (C=O) groups excluding carboxylic acids is 5. The van der Waals surface area contributed by atoms with Crippen molar-refractivity contribution in [1.82, 2.24) is 16.0 Å². The number of alkyl carbamates (subject to hydrolysis) is 1. The second kappa shape index (κ2) is 23.8. The smallest absolute Gasteiger partial charge is 0.475 e. The first-order valence-corrected chi connectivity index (χ1v) is 15.9. The quantitative estimate of drug-likeness (QED) is 0.0705. The summed E-state index contributed by atoms with van der Waals surface area (Å²) in [4.78, 5) is 71.9. The van der Waals surface area contributed by atoms with E-state index in [9.17, 15) is 37.1 Å². The van der Waals surface area contributed by atoms with Gasteiger partial charge in [0.25, 0.3) is 0 Å². The van der Waals surface area contributed by atoms with E-state index in [1.54, 1.807) is 6.92 Å². The number of carboxylic acid groups (broad SMARTS) is 1. The van der Waals surface area contributed by atoms with Crippen LogP contribution in [0.2, 0.25) is 0 Å². The van der Waals surface area contributed by atoms with Crippen molar-refractivity contribution in [2.45, 2.75) is 76.4 Å². The van der Waals surface area contributed by atoms with E-state index in [4.69, 9.17) is 30.8 Å². The molecule has 2 rings (SSSR count). The lowest BCUT2D eigenvalue weighted by Crippen LogP contribution is -2.55. The van der Waals surface area contributed by atoms with Crippen LogP contribution in [-0.4, -0.2) is 78.3 Å². The van der Waals surface area contributed by atoms with Gasteiger partial charge in [0.1, 0.15) is 18.7 Å². The number of unbranched alkanes of at least 4 members (excludes halogenated alkanes) is 1. The fraction of sp³-hybridized carbons (Fsp3) is 0.412. The van der Waals surface area contributed by atoms with Crippen LogP contribution in [0.3, 0.4) is 0 Å². The number of aliphatic carboxylic acids is 1. The minimum Gasteiger partial charge on any atom is -0.475 e. The van der Waals surface area contributed by atoms with Gasteiger partial charge in [-0.2, -0.15) is 13.2 Å². The van der Waals surface area contributed by atoms with Crippen LogP contribution in [0.4, 0.5) is 18.0 Å². The Balaban J connectivity index is 0.00000167. The second-order valence-corrected chi connectivity index (χ2v) is 10.8. The normalized spacial score (nSPS) is 12.6. The van der Waals surface area contributed by atoms with Crippen molar-refractivity contribution in [2.75, 3.05) is 13.2 Å². The number of hydrogen-bond acceptors (Lipinski definition) is 9. The van der Waals surface area contributed by atoms with Gasteiger partial charge in [-0.15, -0.1) is 0 Å². The minimum atomic E-state index is -5.08. The molecule has 0 fully saturated rings. The number of amides is 4. The average molecular weight is 724 g/mol. The molecule has 0 saturated carbocycles. The van der Waals surface area contributed by atoms with Crippen molar-refractivity contribution in [3.05, 3.63) is 83.9 Å². The van der Waals surface area contributed by atoms with Crippen molar-refractivity contribution in [3.8, 4) is 0 Å². The lowest BCUT2D eigenvalue weighted by Gasteiger charge is -2.25. The van der Waals surface area contributed by atoms with Crippen LogP contribution < -0.4 is 27.4 Å². The van der Waals surface area contributed by atoms with E-state index >= 15 is 0 Å². The number of primary amides is 1. The summed E-state index contributed by atoms with van der Waals surface area (Å²) in [5.41, 5.74) is 12.5. The zero-order valence-corrected chi connectivity index (χ0v) is 28.0. The standard InChI is InChI=1S/C32H43N5O7.C2HF3O2/c1-2-43-29(39)19-17-25(16-18-28(34)38)35-31(41)27(21-23-11-5-3-6-12-23)36-30(40)26(15-9-10-20-33)37-32(42)44-22-24-13-7-4-8-14-24;3-2(4,5)1(6)7/h3-8,11-14,17,19,25-27H,2,9-10,15-16,18,20-22,33H2,1H3,(H2,34,38)(H,35,41)(H,36,40)(H,37,42);(H,6,7)/b19-17+;/t25-,26-,27-;/m0./s1. The molecule has 8 N–H and O–H groups in total. The number of ether oxygens (including phenoxy) is 2. The molecule has 0 bridgehead atoms. The summed E-state index contributed by atoms with van der Waals surface area (Å²) in [5, 5.41) is 15.3. The molecule has 2 aromatic carbocycles. The first-order valence-electron chi connectivity index (χ1n) is 15.9. The molecule has 3 atom stereocenters. The molecule has 280 valence electrons. The van der Waals surface area contributed by atoms with Crippen LogP contribution in [0.15, 0.2) is 72.8 Å². The number of esters is 1. The third-order valence-corrected chi connectivity index (χ3v) is 6.71. The van der Waals surface area contributed by atoms with Crippen LogP contribution in [0, 0.1) is 0 Å². The molecule has 4 amide bonds. The van der Waals surface area contributed by atoms with Crippen LogP contribution in [-0.2, 0) is 46.5 Å². The number of benzene rings is 2. The summed E-state index contributed by atoms with van der Waals surface area (Å²) >= 11 is 0. The highest BCUT2D eigenvalue weighted by Gasteiger charge is 2.38. The average Bonchev–Trinajstić information content (AvgIpc) is 3.08. The number of carbonyl (C=O) groups is 6. The summed E-state index contributed by atoms with van der Waals surface area (Å²) in [6.07, 6.45) is -1.61. The number of alkyl halides is 3. The number of carboxylic acids is 1. The van der Waals surface area contributed by atoms with Crippen molar-refractivity contribution in [2.24, 2.45) is 11.5 Å². The van der Waals surface area contributed by atoms with Crippen LogP contribution in [0.5, 0.6) is 0 Å². The molecule has 0 saturated heterocycles. The van der Waals surface area contributed by atoms with E-state index < -0.39 is 60.1 Å². The number of nitrogens with one attached hydrogen (secondary N) is 3. The van der Waals surface area contributed by atoms with Gasteiger partial charge in [0, 0.05) is 25.0 Å². The van der Waals surface area contributed by atoms with Gasteiger partial charge in [-0.3, -0.25) is 14.4 Å². The van der Waals surface area contributed by atoms with E-state index in [0.717, 1.165) is 11.1 Å². The summed E-state index contributed by atoms with van der Waals surface area (Å²) < 4.78 is 41.9. The molecule has 0 spiro atoms. The van der Waals surface area contributed by atoms with E-state index in [1.165, 1.54) is 12.2 Å². The molecular formula is C34H44F3N5O9. The number of nitrogens with two attached hydrogens (primary N) is 2. The molecule has 0 aliphatic heterocycles. The molecule has 2 aromatic rings. The molecule has 0 unspecified atom stereocenters. The van der Waals surface area contributed by atoms with Gasteiger partial charge in [-0.1, -0.05) is 66.7 Å². The van der Waals surface area contributed by atoms with E-state index in [-0.39, 0.29) is 38.9 Å². The maximum absolute atomic E-state index is 13.6. The summed E-state index contributed by atoms with van der Waals surface area (Å²) in [7, 11) is 0. The van der Waals surface area contributed by atoms with Crippen molar-refractivity contribution in [1.29, 1.82) is 0 Å². The first kappa shape index (κ1) is 43.6. The van der Waals surface area contributed by atoms with Crippen molar-refractivity contribution < 1.29 is 56.5 Å². The van der Waals surface area contributed by atoms with E-state index in [2.05, 4.69) is 16.0 Å². The third kappa shape index (κ3) is 20.0. The number of hydrogen-bond donors (Lipinski definition) is 6. The monoisotopic (exact) mass is 723 g/mol. The van der Waals surface area contributed by atoms with Gasteiger partial charge in [0.05, 0.1) is 6.61 Å². The maximum atomic E-state index is 13.6. The number of rotatable bonds is 19. The summed E-state index contributed by atoms with van der Waals surface area (Å²) in [5.74, 6) is -5.07. The molecule has 0 aromatic heterocycles. The van der Waals surface area contributed by atoms with Gasteiger partial charge in [0.15, 0.2) is 0 Å². The van der Waals surface area contributed by atoms with E-state index in [0.29, 0.717) is 19.4 Å². The fourth-order valence-electron chi connectivity index (χ4n) is 4.18. The van der Waals surface area contributed by atoms with Crippen LogP contribution in [0.1, 0.15) is 50.2 Å². The highest BCUT2D eigenvalue weighted by molar-refractivity contribution is 5.92. The Hall–Kier alpha value is -5.45. The Morgan fingerprint density at radius 1 is 0.824 bits per heavy atom. The minimum absolute atomic E-state index is 0.0227. The molecule has 0 aliphatic carbocycles. The Morgan fingerprint density at radius 2 is 1.39 bits per heavy atom. The Morgan fingerprint density at radius 3 is 1.92 bits per heavy atom. The highest BCUT2D eigenvalue weighted by Crippen LogP contribution is 2.13. The predicted octanol–water partition coefficient (Wildman–Crippen LogP) is 2.64. The largest absolute Gasteiger partial charge is 0.490 e. The number of halogens is 3. The van der Waals surface area contributed by atoms with Crippen LogP contribution >= 0.6 is 0 Å². The molecule has 0 aliphatic rings. The molecule has 14 nitrogen and oxygen atoms in total. The molecular weight excluding hydrogens is 679 g/mol. The van der Waals surface area contributed by atoms with Gasteiger partial charge in [-0.05, 0) is 50.3 Å². The van der Waals surface area contributed by atoms with Gasteiger partial charge in [0.2, 0.25) is 17.7 Å². The SMILES string of the molecule is CCOC(=O)/C=C/[C@H](CCC(N)=O)NC(=O)[C@H](Cc1ccccc1)NC(=O)[C@H](CCCCN)NC(=O)OCc1ccccc1.O=C(O)C(F)(F)F. The molecule has 0 radical (unpaired) electrons. The highest BCUT2D eigenvalue weighted by atomic mass is 19.4. The van der Waals surface area contributed by atoms with Gasteiger partial charge >= 0.3 is 24.2 Å². The lowest BCUT2D eigenvalue weighted by molar-refractivity contribution is -0.192. The Labute approximate surface area is 293 Å². The first-order chi connectivity index (χ1) is 24.2. The zero-order valence-electron chi connectivity index (χ0n) is 28.0. The molecule has 0 heterocycles. The fourth-order valence-corrected chi connectivity index (χ4v) is 4.18. The molecule has 17 heteroatoms. The van der Waals surface area contributed by atoms with Crippen LogP contribution in [0.25, 0.3) is 0 Å². The van der Waals surface area contributed by atoms with E-state index in [1.807, 2.05) is 60.7 Å². The van der Waals surface area contributed by atoms with Crippen molar-refractivity contribution in [3.63, 3.8) is 0 Å². The predicted molar refractivity (Wildman–Crippen MR) is 178 cm³/mol.